The molecule has 0 unspecified atom stereocenters. The van der Waals surface area contributed by atoms with E-state index in [0.29, 0.717) is 0 Å². The average molecular weight is 242 g/mol. The number of carbonyl (C=O) groups excluding carboxylic acids is 1. The van der Waals surface area contributed by atoms with Gasteiger partial charge in [0.1, 0.15) is 12.1 Å². The highest BCUT2D eigenvalue weighted by Gasteiger charge is 2.23. The molecule has 1 amide bonds. The van der Waals surface area contributed by atoms with Crippen molar-refractivity contribution in [1.82, 2.24) is 5.32 Å². The molecule has 17 heavy (non-hydrogen) atoms. The van der Waals surface area contributed by atoms with Crippen molar-refractivity contribution in [3.8, 4) is 6.07 Å². The Morgan fingerprint density at radius 3 is 2.41 bits per heavy atom. The predicted octanol–water partition coefficient (Wildman–Crippen LogP) is 0.267. The Hall–Kier alpha value is -1.61. The van der Waals surface area contributed by atoms with Gasteiger partial charge in [0.2, 0.25) is 5.91 Å². The lowest BCUT2D eigenvalue weighted by atomic mass is 10.0. The van der Waals surface area contributed by atoms with E-state index in [4.69, 9.17) is 10.4 Å². The van der Waals surface area contributed by atoms with Crippen LogP contribution in [-0.2, 0) is 9.59 Å². The average Bonchev–Trinajstić information content (AvgIpc) is 2.22. The van der Waals surface area contributed by atoms with E-state index < -0.39 is 24.0 Å². The molecule has 0 saturated heterocycles. The summed E-state index contributed by atoms with van der Waals surface area (Å²) in [6.07, 6.45) is -0.862. The molecule has 2 atom stereocenters. The number of aliphatic carboxylic acids is 1. The highest BCUT2D eigenvalue weighted by atomic mass is 16.4. The minimum atomic E-state index is -1.21. The number of nitrogens with zero attached hydrogens (tertiary/aromatic N) is 1. The van der Waals surface area contributed by atoms with E-state index >= 15 is 0 Å². The maximum Gasteiger partial charge on any atom is 0.326 e. The number of nitriles is 1. The second kappa shape index (κ2) is 7.63. The summed E-state index contributed by atoms with van der Waals surface area (Å²) in [6.45, 7) is 3.70. The van der Waals surface area contributed by atoms with Gasteiger partial charge in [0.15, 0.2) is 0 Å². The second-order valence-corrected chi connectivity index (χ2v) is 4.24. The standard InChI is InChI=1S/C11H18N2O4/c1-7(2)6-9(14)10(15)13-8(11(16)17)4-3-5-12/h7-9,14H,3-4,6H2,1-2H3,(H,13,15)(H,16,17)/t8-,9+/m0/s1. The summed E-state index contributed by atoms with van der Waals surface area (Å²) < 4.78 is 0. The van der Waals surface area contributed by atoms with Crippen LogP contribution < -0.4 is 5.32 Å². The predicted molar refractivity (Wildman–Crippen MR) is 59.9 cm³/mol. The van der Waals surface area contributed by atoms with Gasteiger partial charge in [-0.3, -0.25) is 4.79 Å². The van der Waals surface area contributed by atoms with Crippen LogP contribution in [0.15, 0.2) is 0 Å². The zero-order valence-electron chi connectivity index (χ0n) is 10.0. The van der Waals surface area contributed by atoms with Gasteiger partial charge in [0, 0.05) is 6.42 Å². The Kier molecular flexibility index (Phi) is 6.91. The van der Waals surface area contributed by atoms with Crippen LogP contribution in [0.1, 0.15) is 33.1 Å². The first-order chi connectivity index (χ1) is 7.88. The summed E-state index contributed by atoms with van der Waals surface area (Å²) in [4.78, 5) is 22.2. The van der Waals surface area contributed by atoms with Crippen LogP contribution in [0.5, 0.6) is 0 Å². The number of amides is 1. The highest BCUT2D eigenvalue weighted by Crippen LogP contribution is 2.05. The molecule has 0 aliphatic heterocycles. The normalized spacial score (nSPS) is 13.8. The molecule has 96 valence electrons. The number of aliphatic hydroxyl groups excluding tert-OH is 1. The fraction of sp³-hybridized carbons (Fsp3) is 0.727. The summed E-state index contributed by atoms with van der Waals surface area (Å²) >= 11 is 0. The first kappa shape index (κ1) is 15.4. The molecule has 6 heteroatoms. The van der Waals surface area contributed by atoms with Crippen LogP contribution in [0.4, 0.5) is 0 Å². The van der Waals surface area contributed by atoms with Crippen LogP contribution in [0.25, 0.3) is 0 Å². The van der Waals surface area contributed by atoms with Crippen LogP contribution in [-0.4, -0.2) is 34.2 Å². The lowest BCUT2D eigenvalue weighted by Crippen LogP contribution is -2.45. The maximum atomic E-state index is 11.4. The Labute approximate surface area is 100 Å². The molecule has 6 nitrogen and oxygen atoms in total. The summed E-state index contributed by atoms with van der Waals surface area (Å²) in [5.74, 6) is -1.77. The fourth-order valence-electron chi connectivity index (χ4n) is 1.29. The number of rotatable bonds is 7. The Balaban J connectivity index is 4.30. The van der Waals surface area contributed by atoms with Gasteiger partial charge in [0.05, 0.1) is 6.07 Å². The SMILES string of the molecule is CC(C)C[C@@H](O)C(=O)N[C@@H](CCC#N)C(=O)O. The van der Waals surface area contributed by atoms with Crippen molar-refractivity contribution in [2.75, 3.05) is 0 Å². The van der Waals surface area contributed by atoms with E-state index in [9.17, 15) is 14.7 Å². The fourth-order valence-corrected chi connectivity index (χ4v) is 1.29. The van der Waals surface area contributed by atoms with E-state index in [0.717, 1.165) is 0 Å². The van der Waals surface area contributed by atoms with E-state index in [1.54, 1.807) is 0 Å². The third kappa shape index (κ3) is 6.53. The molecule has 0 fully saturated rings. The van der Waals surface area contributed by atoms with Crippen molar-refractivity contribution in [3.63, 3.8) is 0 Å². The number of aliphatic hydroxyl groups is 1. The number of hydrogen-bond donors (Lipinski definition) is 3. The smallest absolute Gasteiger partial charge is 0.326 e. The molecule has 0 aromatic carbocycles. The van der Waals surface area contributed by atoms with Gasteiger partial charge in [-0.05, 0) is 18.8 Å². The van der Waals surface area contributed by atoms with Crippen LogP contribution in [0.3, 0.4) is 0 Å². The van der Waals surface area contributed by atoms with Gasteiger partial charge in [-0.25, -0.2) is 4.79 Å². The number of carboxylic acid groups (broad SMARTS) is 1. The van der Waals surface area contributed by atoms with E-state index in [1.165, 1.54) is 0 Å². The van der Waals surface area contributed by atoms with Crippen molar-refractivity contribution in [1.29, 1.82) is 5.26 Å². The van der Waals surface area contributed by atoms with E-state index in [2.05, 4.69) is 5.32 Å². The third-order valence-corrected chi connectivity index (χ3v) is 2.16. The zero-order chi connectivity index (χ0) is 13.4. The number of hydrogen-bond acceptors (Lipinski definition) is 4. The molecule has 0 radical (unpaired) electrons. The van der Waals surface area contributed by atoms with Crippen molar-refractivity contribution in [2.45, 2.75) is 45.3 Å². The van der Waals surface area contributed by atoms with Crippen LogP contribution in [0, 0.1) is 17.2 Å². The molecule has 0 saturated carbocycles. The number of carbonyl (C=O) groups is 2. The first-order valence-corrected chi connectivity index (χ1v) is 5.46. The quantitative estimate of drug-likeness (QED) is 0.593. The Morgan fingerprint density at radius 1 is 1.41 bits per heavy atom. The van der Waals surface area contributed by atoms with Crippen LogP contribution in [0.2, 0.25) is 0 Å². The van der Waals surface area contributed by atoms with E-state index in [1.807, 2.05) is 19.9 Å². The number of carboxylic acids is 1. The van der Waals surface area contributed by atoms with Gasteiger partial charge in [0.25, 0.3) is 0 Å². The van der Waals surface area contributed by atoms with Crippen molar-refractivity contribution >= 4 is 11.9 Å². The molecule has 0 aromatic rings. The minimum Gasteiger partial charge on any atom is -0.480 e. The third-order valence-electron chi connectivity index (χ3n) is 2.16. The van der Waals surface area contributed by atoms with Gasteiger partial charge in [-0.2, -0.15) is 5.26 Å². The Morgan fingerprint density at radius 2 is 2.00 bits per heavy atom. The number of nitrogens with one attached hydrogen (secondary N) is 1. The van der Waals surface area contributed by atoms with Crippen LogP contribution >= 0.6 is 0 Å². The van der Waals surface area contributed by atoms with Gasteiger partial charge in [-0.1, -0.05) is 13.8 Å². The molecule has 0 bridgehead atoms. The Bertz CT molecular complexity index is 309. The van der Waals surface area contributed by atoms with Crippen molar-refractivity contribution < 1.29 is 19.8 Å². The highest BCUT2D eigenvalue weighted by molar-refractivity contribution is 5.86. The molecule has 0 heterocycles. The molecule has 0 aliphatic carbocycles. The molecule has 0 spiro atoms. The van der Waals surface area contributed by atoms with Gasteiger partial charge < -0.3 is 15.5 Å². The lowest BCUT2D eigenvalue weighted by molar-refractivity contribution is -0.143. The lowest BCUT2D eigenvalue weighted by Gasteiger charge is -2.17. The molecular weight excluding hydrogens is 224 g/mol. The minimum absolute atomic E-state index is 0.0337. The second-order valence-electron chi connectivity index (χ2n) is 4.24. The summed E-state index contributed by atoms with van der Waals surface area (Å²) in [5, 5.41) is 28.9. The largest absolute Gasteiger partial charge is 0.480 e. The summed E-state index contributed by atoms with van der Waals surface area (Å²) in [7, 11) is 0. The van der Waals surface area contributed by atoms with Gasteiger partial charge in [-0.15, -0.1) is 0 Å². The summed E-state index contributed by atoms with van der Waals surface area (Å²) in [5.41, 5.74) is 0. The van der Waals surface area contributed by atoms with Crippen molar-refractivity contribution in [2.24, 2.45) is 5.92 Å². The monoisotopic (exact) mass is 242 g/mol. The van der Waals surface area contributed by atoms with E-state index in [-0.39, 0.29) is 25.2 Å². The topological polar surface area (TPSA) is 110 Å². The maximum absolute atomic E-state index is 11.4. The molecule has 0 rings (SSSR count). The summed E-state index contributed by atoms with van der Waals surface area (Å²) in [6, 6.07) is 0.689. The first-order valence-electron chi connectivity index (χ1n) is 5.46. The molecule has 3 N–H and O–H groups in total. The van der Waals surface area contributed by atoms with Gasteiger partial charge >= 0.3 is 5.97 Å². The van der Waals surface area contributed by atoms with Crippen molar-refractivity contribution in [3.05, 3.63) is 0 Å². The zero-order valence-corrected chi connectivity index (χ0v) is 10.0. The molecule has 0 aromatic heterocycles. The molecular formula is C11H18N2O4. The molecule has 0 aliphatic rings.